The van der Waals surface area contributed by atoms with Crippen LogP contribution in [0.4, 0.5) is 0 Å². The van der Waals surface area contributed by atoms with Gasteiger partial charge in [0.05, 0.1) is 33.0 Å². The summed E-state index contributed by atoms with van der Waals surface area (Å²) >= 11 is 0. The molecule has 1 fully saturated rings. The SMILES string of the molecule is C=CC[C@@]1(NC(=O)C=C)O[C@H](COCc2ccccc2)[C@@H](OCc2ccccc2)[C@H](OCc2ccccc2)[C@H]1OCc1ccccc1. The maximum atomic E-state index is 13.1. The third-order valence-corrected chi connectivity index (χ3v) is 8.01. The Morgan fingerprint density at radius 1 is 0.660 bits per heavy atom. The van der Waals surface area contributed by atoms with Gasteiger partial charge < -0.3 is 29.0 Å². The number of carbonyl (C=O) groups is 1. The standard InChI is InChI=1S/C40H43NO6/c1-3-25-40(41-36(42)4-2)39(46-29-34-23-15-8-16-24-34)38(45-28-33-21-13-7-14-22-33)37(44-27-32-19-11-6-12-20-32)35(47-40)30-43-26-31-17-9-5-10-18-31/h3-24,35,37-39H,1-2,25-30H2,(H,41,42)/t35-,37-,38+,39-,40-/m1/s1. The highest BCUT2D eigenvalue weighted by Crippen LogP contribution is 2.38. The molecule has 0 spiro atoms. The van der Waals surface area contributed by atoms with Crippen molar-refractivity contribution in [1.29, 1.82) is 0 Å². The zero-order chi connectivity index (χ0) is 32.7. The highest BCUT2D eigenvalue weighted by atomic mass is 16.6. The van der Waals surface area contributed by atoms with Crippen molar-refractivity contribution >= 4 is 5.91 Å². The maximum Gasteiger partial charge on any atom is 0.245 e. The molecule has 1 amide bonds. The van der Waals surface area contributed by atoms with Crippen molar-refractivity contribution in [3.05, 3.63) is 169 Å². The average molecular weight is 634 g/mol. The summed E-state index contributed by atoms with van der Waals surface area (Å²) in [6.45, 7) is 9.12. The largest absolute Gasteiger partial charge is 0.374 e. The molecular formula is C40H43NO6. The van der Waals surface area contributed by atoms with E-state index in [0.717, 1.165) is 22.3 Å². The van der Waals surface area contributed by atoms with Crippen molar-refractivity contribution in [2.75, 3.05) is 6.61 Å². The Kier molecular flexibility index (Phi) is 12.7. The fourth-order valence-corrected chi connectivity index (χ4v) is 5.75. The second-order valence-electron chi connectivity index (χ2n) is 11.5. The zero-order valence-electron chi connectivity index (χ0n) is 26.6. The lowest BCUT2D eigenvalue weighted by Gasteiger charge is -2.52. The van der Waals surface area contributed by atoms with Crippen LogP contribution in [-0.2, 0) is 54.9 Å². The molecule has 0 aromatic heterocycles. The highest BCUT2D eigenvalue weighted by molar-refractivity contribution is 5.87. The third kappa shape index (κ3) is 9.58. The van der Waals surface area contributed by atoms with Gasteiger partial charge in [-0.15, -0.1) is 6.58 Å². The molecule has 0 unspecified atom stereocenters. The first kappa shape index (κ1) is 34.0. The van der Waals surface area contributed by atoms with E-state index in [1.54, 1.807) is 6.08 Å². The molecule has 7 nitrogen and oxygen atoms in total. The summed E-state index contributed by atoms with van der Waals surface area (Å²) in [6.07, 6.45) is 0.396. The van der Waals surface area contributed by atoms with Crippen LogP contribution in [0.25, 0.3) is 0 Å². The van der Waals surface area contributed by atoms with Crippen molar-refractivity contribution in [3.63, 3.8) is 0 Å². The first-order valence-corrected chi connectivity index (χ1v) is 15.9. The lowest BCUT2D eigenvalue weighted by atomic mass is 9.87. The van der Waals surface area contributed by atoms with Crippen LogP contribution in [0.3, 0.4) is 0 Å². The minimum atomic E-state index is -1.36. The van der Waals surface area contributed by atoms with Crippen LogP contribution in [0.1, 0.15) is 28.7 Å². The van der Waals surface area contributed by atoms with Gasteiger partial charge in [0.2, 0.25) is 5.91 Å². The summed E-state index contributed by atoms with van der Waals surface area (Å²) in [6, 6.07) is 39.7. The van der Waals surface area contributed by atoms with Gasteiger partial charge in [0, 0.05) is 6.42 Å². The van der Waals surface area contributed by atoms with Crippen LogP contribution in [0.15, 0.2) is 147 Å². The van der Waals surface area contributed by atoms with E-state index in [0.29, 0.717) is 19.8 Å². The van der Waals surface area contributed by atoms with Crippen molar-refractivity contribution in [2.24, 2.45) is 0 Å². The molecule has 1 heterocycles. The van der Waals surface area contributed by atoms with Crippen molar-refractivity contribution in [2.45, 2.75) is 63.0 Å². The number of hydrogen-bond acceptors (Lipinski definition) is 6. The van der Waals surface area contributed by atoms with E-state index in [-0.39, 0.29) is 19.6 Å². The summed E-state index contributed by atoms with van der Waals surface area (Å²) in [5.74, 6) is -0.408. The summed E-state index contributed by atoms with van der Waals surface area (Å²) < 4.78 is 33.4. The van der Waals surface area contributed by atoms with Crippen LogP contribution in [0, 0.1) is 0 Å². The Balaban J connectivity index is 1.53. The van der Waals surface area contributed by atoms with Gasteiger partial charge in [-0.1, -0.05) is 134 Å². The van der Waals surface area contributed by atoms with Crippen molar-refractivity contribution < 1.29 is 28.5 Å². The van der Waals surface area contributed by atoms with Gasteiger partial charge in [-0.2, -0.15) is 0 Å². The van der Waals surface area contributed by atoms with Crippen LogP contribution in [0.2, 0.25) is 0 Å². The van der Waals surface area contributed by atoms with Crippen molar-refractivity contribution in [3.8, 4) is 0 Å². The topological polar surface area (TPSA) is 75.3 Å². The molecule has 0 aliphatic carbocycles. The maximum absolute atomic E-state index is 13.1. The van der Waals surface area contributed by atoms with Gasteiger partial charge in [-0.3, -0.25) is 4.79 Å². The molecule has 1 saturated heterocycles. The molecule has 0 saturated carbocycles. The average Bonchev–Trinajstić information content (AvgIpc) is 3.11. The highest BCUT2D eigenvalue weighted by Gasteiger charge is 2.57. The van der Waals surface area contributed by atoms with Gasteiger partial charge in [0.25, 0.3) is 0 Å². The van der Waals surface area contributed by atoms with E-state index in [1.165, 1.54) is 6.08 Å². The number of hydrogen-bond donors (Lipinski definition) is 1. The number of ether oxygens (including phenoxy) is 5. The third-order valence-electron chi connectivity index (χ3n) is 8.01. The Morgan fingerprint density at radius 2 is 1.11 bits per heavy atom. The minimum Gasteiger partial charge on any atom is -0.374 e. The number of rotatable bonds is 17. The number of nitrogens with one attached hydrogen (secondary N) is 1. The van der Waals surface area contributed by atoms with Crippen molar-refractivity contribution in [1.82, 2.24) is 5.32 Å². The zero-order valence-corrected chi connectivity index (χ0v) is 26.6. The Bertz CT molecular complexity index is 1520. The fraction of sp³-hybridized carbons (Fsp3) is 0.275. The van der Waals surface area contributed by atoms with Gasteiger partial charge in [0.15, 0.2) is 5.72 Å². The molecule has 5 atom stereocenters. The van der Waals surface area contributed by atoms with Crippen LogP contribution < -0.4 is 5.32 Å². The Hall–Kier alpha value is -4.37. The van der Waals surface area contributed by atoms with E-state index in [9.17, 15) is 4.79 Å². The summed E-state index contributed by atoms with van der Waals surface area (Å²) in [5, 5.41) is 3.06. The van der Waals surface area contributed by atoms with Gasteiger partial charge in [-0.05, 0) is 28.3 Å². The van der Waals surface area contributed by atoms with E-state index >= 15 is 0 Å². The molecule has 7 heteroatoms. The van der Waals surface area contributed by atoms with Crippen LogP contribution >= 0.6 is 0 Å². The molecule has 1 aliphatic rings. The van der Waals surface area contributed by atoms with Crippen LogP contribution in [-0.4, -0.2) is 42.7 Å². The van der Waals surface area contributed by atoms with E-state index < -0.39 is 36.0 Å². The number of amides is 1. The molecule has 4 aromatic carbocycles. The second kappa shape index (κ2) is 17.5. The molecule has 1 aliphatic heterocycles. The van der Waals surface area contributed by atoms with Crippen LogP contribution in [0.5, 0.6) is 0 Å². The molecule has 5 rings (SSSR count). The molecule has 1 N–H and O–H groups in total. The van der Waals surface area contributed by atoms with E-state index in [1.807, 2.05) is 121 Å². The molecule has 244 valence electrons. The summed E-state index contributed by atoms with van der Waals surface area (Å²) in [5.41, 5.74) is 2.62. The molecule has 47 heavy (non-hydrogen) atoms. The molecule has 0 bridgehead atoms. The Labute approximate surface area is 277 Å². The smallest absolute Gasteiger partial charge is 0.245 e. The van der Waals surface area contributed by atoms with E-state index in [4.69, 9.17) is 23.7 Å². The Morgan fingerprint density at radius 3 is 1.57 bits per heavy atom. The van der Waals surface area contributed by atoms with E-state index in [2.05, 4.69) is 18.5 Å². The van der Waals surface area contributed by atoms with Gasteiger partial charge >= 0.3 is 0 Å². The minimum absolute atomic E-state index is 0.174. The molecule has 0 radical (unpaired) electrons. The second-order valence-corrected chi connectivity index (χ2v) is 11.5. The lowest BCUT2D eigenvalue weighted by Crippen LogP contribution is -2.72. The fourth-order valence-electron chi connectivity index (χ4n) is 5.75. The summed E-state index contributed by atoms with van der Waals surface area (Å²) in [4.78, 5) is 13.1. The molecular weight excluding hydrogens is 590 g/mol. The number of benzene rings is 4. The predicted molar refractivity (Wildman–Crippen MR) is 182 cm³/mol. The predicted octanol–water partition coefficient (Wildman–Crippen LogP) is 6.93. The quantitative estimate of drug-likeness (QED) is 0.100. The lowest BCUT2D eigenvalue weighted by molar-refractivity contribution is -0.313. The molecule has 4 aromatic rings. The normalized spacial score (nSPS) is 22.3. The summed E-state index contributed by atoms with van der Waals surface area (Å²) in [7, 11) is 0. The number of carbonyl (C=O) groups excluding carboxylic acids is 1. The van der Waals surface area contributed by atoms with Gasteiger partial charge in [-0.25, -0.2) is 0 Å². The van der Waals surface area contributed by atoms with Gasteiger partial charge in [0.1, 0.15) is 24.4 Å². The first-order valence-electron chi connectivity index (χ1n) is 15.9. The first-order chi connectivity index (χ1) is 23.1. The monoisotopic (exact) mass is 633 g/mol.